The minimum atomic E-state index is -0.928. The second-order valence-electron chi connectivity index (χ2n) is 18.1. The molecule has 0 aliphatic rings. The van der Waals surface area contributed by atoms with Crippen molar-refractivity contribution in [2.45, 2.75) is 302 Å². The molecular weight excluding hydrogens is 715 g/mol. The van der Waals surface area contributed by atoms with E-state index in [1.807, 2.05) is 6.08 Å². The highest BCUT2D eigenvalue weighted by atomic mass is 16.3. The fourth-order valence-corrected chi connectivity index (χ4v) is 8.22. The summed E-state index contributed by atoms with van der Waals surface area (Å²) in [6.45, 7) is 4.24. The van der Waals surface area contributed by atoms with Crippen molar-refractivity contribution in [1.29, 1.82) is 0 Å². The number of hydrogen-bond donors (Lipinski definition) is 4. The molecule has 0 aromatic carbocycles. The van der Waals surface area contributed by atoms with Gasteiger partial charge in [-0.3, -0.25) is 4.79 Å². The second-order valence-corrected chi connectivity index (χ2v) is 18.1. The molecule has 4 N–H and O–H groups in total. The van der Waals surface area contributed by atoms with Crippen LogP contribution in [-0.4, -0.2) is 46.1 Å². The molecule has 0 aromatic heterocycles. The van der Waals surface area contributed by atoms with Crippen molar-refractivity contribution in [3.05, 3.63) is 24.3 Å². The summed E-state index contributed by atoms with van der Waals surface area (Å²) in [6, 6.07) is -0.744. The highest BCUT2D eigenvalue weighted by Gasteiger charge is 2.20. The number of unbranched alkanes of at least 4 members (excludes halogenated alkanes) is 37. The summed E-state index contributed by atoms with van der Waals surface area (Å²) < 4.78 is 0. The Morgan fingerprint density at radius 2 is 0.724 bits per heavy atom. The molecule has 3 unspecified atom stereocenters. The molecule has 0 spiro atoms. The molecule has 0 aliphatic heterocycles. The van der Waals surface area contributed by atoms with Gasteiger partial charge in [-0.15, -0.1) is 0 Å². The van der Waals surface area contributed by atoms with Crippen LogP contribution in [0.2, 0.25) is 0 Å². The molecule has 0 rings (SSSR count). The number of carbonyl (C=O) groups excluding carboxylic acids is 1. The molecule has 0 aromatic rings. The number of carbonyl (C=O) groups is 1. The zero-order chi connectivity index (χ0) is 42.3. The van der Waals surface area contributed by atoms with E-state index >= 15 is 0 Å². The first-order chi connectivity index (χ1) is 28.5. The number of hydrogen-bond acceptors (Lipinski definition) is 4. The molecule has 58 heavy (non-hydrogen) atoms. The lowest BCUT2D eigenvalue weighted by atomic mass is 10.0. The van der Waals surface area contributed by atoms with Crippen molar-refractivity contribution < 1.29 is 20.1 Å². The number of nitrogens with one attached hydrogen (secondary N) is 1. The SMILES string of the molecule is CCCCCCCCCCCCCC/C=C\CCCCCCCCCCC(O)CC(=O)NC(CO)C(O)/C=C/CCCCCCCCCCCCCCCCCCC. The Morgan fingerprint density at radius 3 is 1.05 bits per heavy atom. The van der Waals surface area contributed by atoms with Crippen LogP contribution in [0.15, 0.2) is 24.3 Å². The third kappa shape index (κ3) is 44.4. The summed E-state index contributed by atoms with van der Waals surface area (Å²) in [6.07, 6.45) is 60.6. The Bertz CT molecular complexity index is 859. The van der Waals surface area contributed by atoms with Gasteiger partial charge in [0.2, 0.25) is 5.91 Å². The van der Waals surface area contributed by atoms with E-state index in [1.54, 1.807) is 6.08 Å². The fraction of sp³-hybridized carbons (Fsp3) is 0.906. The van der Waals surface area contributed by atoms with Gasteiger partial charge in [-0.05, 0) is 44.9 Å². The number of amides is 1. The van der Waals surface area contributed by atoms with Crippen molar-refractivity contribution in [1.82, 2.24) is 5.32 Å². The van der Waals surface area contributed by atoms with Crippen LogP contribution < -0.4 is 5.32 Å². The molecule has 5 heteroatoms. The first-order valence-electron chi connectivity index (χ1n) is 26.1. The average Bonchev–Trinajstić information content (AvgIpc) is 3.22. The molecule has 0 saturated carbocycles. The Labute approximate surface area is 362 Å². The number of allylic oxidation sites excluding steroid dienone is 3. The molecule has 0 saturated heterocycles. The van der Waals surface area contributed by atoms with E-state index in [1.165, 1.54) is 231 Å². The Hall–Kier alpha value is -1.17. The fourth-order valence-electron chi connectivity index (χ4n) is 8.22. The molecule has 0 radical (unpaired) electrons. The standard InChI is InChI=1S/C53H103NO4/c1-3-5-7-9-11-13-15-17-19-21-23-24-25-26-27-29-30-32-34-36-38-40-42-44-46-50(56)48-53(58)54-51(49-55)52(57)47-45-43-41-39-37-35-33-31-28-22-20-18-16-14-12-10-8-6-4-2/h26-27,45,47,50-52,55-57H,3-25,28-44,46,48-49H2,1-2H3,(H,54,58)/b27-26-,47-45+. The van der Waals surface area contributed by atoms with Crippen molar-refractivity contribution in [3.8, 4) is 0 Å². The molecule has 1 amide bonds. The summed E-state index contributed by atoms with van der Waals surface area (Å²) in [5.74, 6) is -0.314. The van der Waals surface area contributed by atoms with Gasteiger partial charge in [0.1, 0.15) is 0 Å². The molecule has 0 bridgehead atoms. The van der Waals surface area contributed by atoms with Gasteiger partial charge in [-0.25, -0.2) is 0 Å². The molecule has 3 atom stereocenters. The lowest BCUT2D eigenvalue weighted by Gasteiger charge is -2.21. The van der Waals surface area contributed by atoms with Crippen molar-refractivity contribution in [2.75, 3.05) is 6.61 Å². The van der Waals surface area contributed by atoms with Gasteiger partial charge < -0.3 is 20.6 Å². The third-order valence-corrected chi connectivity index (χ3v) is 12.2. The normalized spacial score (nSPS) is 13.5. The van der Waals surface area contributed by atoms with Gasteiger partial charge in [-0.1, -0.05) is 256 Å². The maximum Gasteiger partial charge on any atom is 0.222 e. The minimum Gasteiger partial charge on any atom is -0.394 e. The smallest absolute Gasteiger partial charge is 0.222 e. The van der Waals surface area contributed by atoms with Gasteiger partial charge in [0.25, 0.3) is 0 Å². The number of rotatable bonds is 48. The van der Waals surface area contributed by atoms with E-state index < -0.39 is 18.2 Å². The second kappa shape index (κ2) is 48.5. The summed E-state index contributed by atoms with van der Waals surface area (Å²) >= 11 is 0. The highest BCUT2D eigenvalue weighted by molar-refractivity contribution is 5.76. The van der Waals surface area contributed by atoms with Crippen LogP contribution in [0.5, 0.6) is 0 Å². The van der Waals surface area contributed by atoms with Crippen molar-refractivity contribution in [3.63, 3.8) is 0 Å². The Kier molecular flexibility index (Phi) is 47.5. The third-order valence-electron chi connectivity index (χ3n) is 12.2. The summed E-state index contributed by atoms with van der Waals surface area (Å²) in [5, 5.41) is 33.4. The highest BCUT2D eigenvalue weighted by Crippen LogP contribution is 2.17. The quantitative estimate of drug-likeness (QED) is 0.0364. The van der Waals surface area contributed by atoms with Gasteiger partial charge >= 0.3 is 0 Å². The van der Waals surface area contributed by atoms with Crippen LogP contribution in [-0.2, 0) is 4.79 Å². The van der Waals surface area contributed by atoms with Crippen molar-refractivity contribution in [2.24, 2.45) is 0 Å². The lowest BCUT2D eigenvalue weighted by Crippen LogP contribution is -2.45. The lowest BCUT2D eigenvalue weighted by molar-refractivity contribution is -0.124. The van der Waals surface area contributed by atoms with Crippen LogP contribution >= 0.6 is 0 Å². The van der Waals surface area contributed by atoms with E-state index in [9.17, 15) is 20.1 Å². The zero-order valence-corrected chi connectivity index (χ0v) is 39.2. The van der Waals surface area contributed by atoms with Gasteiger partial charge in [0, 0.05) is 0 Å². The largest absolute Gasteiger partial charge is 0.394 e. The number of aliphatic hydroxyl groups is 3. The van der Waals surface area contributed by atoms with Gasteiger partial charge in [0.05, 0.1) is 31.3 Å². The maximum atomic E-state index is 12.5. The average molecular weight is 818 g/mol. The van der Waals surface area contributed by atoms with Crippen LogP contribution in [0.1, 0.15) is 284 Å². The van der Waals surface area contributed by atoms with E-state index in [-0.39, 0.29) is 18.9 Å². The topological polar surface area (TPSA) is 89.8 Å². The van der Waals surface area contributed by atoms with Crippen LogP contribution in [0, 0.1) is 0 Å². The Balaban J connectivity index is 3.59. The number of aliphatic hydroxyl groups excluding tert-OH is 3. The summed E-state index contributed by atoms with van der Waals surface area (Å²) in [4.78, 5) is 12.5. The summed E-state index contributed by atoms with van der Waals surface area (Å²) in [7, 11) is 0. The Morgan fingerprint density at radius 1 is 0.431 bits per heavy atom. The molecule has 0 heterocycles. The predicted octanol–water partition coefficient (Wildman–Crippen LogP) is 15.7. The zero-order valence-electron chi connectivity index (χ0n) is 39.2. The van der Waals surface area contributed by atoms with E-state index in [0.717, 1.165) is 25.7 Å². The van der Waals surface area contributed by atoms with Crippen LogP contribution in [0.25, 0.3) is 0 Å². The van der Waals surface area contributed by atoms with E-state index in [2.05, 4.69) is 31.3 Å². The molecule has 0 aliphatic carbocycles. The van der Waals surface area contributed by atoms with E-state index in [4.69, 9.17) is 0 Å². The molecular formula is C53H103NO4. The molecule has 5 nitrogen and oxygen atoms in total. The summed E-state index contributed by atoms with van der Waals surface area (Å²) in [5.41, 5.74) is 0. The van der Waals surface area contributed by atoms with Crippen LogP contribution in [0.3, 0.4) is 0 Å². The van der Waals surface area contributed by atoms with Gasteiger partial charge in [0.15, 0.2) is 0 Å². The monoisotopic (exact) mass is 818 g/mol. The van der Waals surface area contributed by atoms with Crippen molar-refractivity contribution >= 4 is 5.91 Å². The predicted molar refractivity (Wildman–Crippen MR) is 255 cm³/mol. The van der Waals surface area contributed by atoms with E-state index in [0.29, 0.717) is 6.42 Å². The minimum absolute atomic E-state index is 0.0139. The van der Waals surface area contributed by atoms with Gasteiger partial charge in [-0.2, -0.15) is 0 Å². The molecule has 0 fully saturated rings. The molecule has 344 valence electrons. The first kappa shape index (κ1) is 56.8. The maximum absolute atomic E-state index is 12.5. The van der Waals surface area contributed by atoms with Crippen LogP contribution in [0.4, 0.5) is 0 Å². The first-order valence-corrected chi connectivity index (χ1v) is 26.1.